The van der Waals surface area contributed by atoms with Gasteiger partial charge in [-0.05, 0) is 0 Å². The molecule has 64 valence electrons. The van der Waals surface area contributed by atoms with Gasteiger partial charge in [0, 0.05) is 0 Å². The molecule has 0 unspecified atom stereocenters. The van der Waals surface area contributed by atoms with Crippen LogP contribution in [0.3, 0.4) is 0 Å². The summed E-state index contributed by atoms with van der Waals surface area (Å²) < 4.78 is 26.7. The predicted molar refractivity (Wildman–Crippen MR) is 46.6 cm³/mol. The quantitative estimate of drug-likeness (QED) is 0.746. The number of rotatable bonds is 2. The van der Waals surface area contributed by atoms with Crippen LogP contribution in [0.4, 0.5) is 0 Å². The van der Waals surface area contributed by atoms with Gasteiger partial charge in [-0.2, -0.15) is 0 Å². The first kappa shape index (κ1) is 10.0. The van der Waals surface area contributed by atoms with Crippen LogP contribution in [0.5, 0.6) is 0 Å². The summed E-state index contributed by atoms with van der Waals surface area (Å²) in [5, 5.41) is 0. The average Bonchev–Trinajstić information content (AvgIpc) is 2.05. The normalized spacial score (nSPS) is 11.5. The SMILES string of the molecule is Cc1ccc(S(=O)(=O)[O][SnH])cc1. The van der Waals surface area contributed by atoms with Gasteiger partial charge in [-0.25, -0.2) is 0 Å². The van der Waals surface area contributed by atoms with Gasteiger partial charge in [0.15, 0.2) is 0 Å². The minimum atomic E-state index is -3.46. The molecule has 0 fully saturated rings. The summed E-state index contributed by atoms with van der Waals surface area (Å²) in [6.45, 7) is 1.90. The van der Waals surface area contributed by atoms with Crippen molar-refractivity contribution in [2.75, 3.05) is 0 Å². The van der Waals surface area contributed by atoms with E-state index in [1.807, 2.05) is 6.92 Å². The first-order valence-electron chi connectivity index (χ1n) is 3.26. The van der Waals surface area contributed by atoms with Crippen LogP contribution < -0.4 is 0 Å². The van der Waals surface area contributed by atoms with Crippen LogP contribution >= 0.6 is 0 Å². The van der Waals surface area contributed by atoms with Crippen molar-refractivity contribution in [3.8, 4) is 0 Å². The maximum absolute atomic E-state index is 11.1. The Morgan fingerprint density at radius 3 is 2.17 bits per heavy atom. The van der Waals surface area contributed by atoms with E-state index >= 15 is 0 Å². The Hall–Kier alpha value is -0.0713. The average molecular weight is 291 g/mol. The molecule has 0 spiro atoms. The van der Waals surface area contributed by atoms with Crippen LogP contribution in [-0.4, -0.2) is 31.4 Å². The molecule has 0 aliphatic heterocycles. The minimum absolute atomic E-state index is 0.223. The summed E-state index contributed by atoms with van der Waals surface area (Å²) in [6, 6.07) is 6.57. The Morgan fingerprint density at radius 2 is 1.75 bits per heavy atom. The molecule has 12 heavy (non-hydrogen) atoms. The van der Waals surface area contributed by atoms with E-state index in [-0.39, 0.29) is 27.8 Å². The summed E-state index contributed by atoms with van der Waals surface area (Å²) >= 11 is 0.254. The molecule has 5 heteroatoms. The third-order valence-corrected chi connectivity index (χ3v) is 4.71. The Bertz CT molecular complexity index is 355. The Morgan fingerprint density at radius 1 is 1.25 bits per heavy atom. The predicted octanol–water partition coefficient (Wildman–Crippen LogP) is 0.516. The molecule has 1 aromatic rings. The zero-order valence-corrected chi connectivity index (χ0v) is 10.6. The van der Waals surface area contributed by atoms with Crippen molar-refractivity contribution >= 4 is 33.1 Å². The van der Waals surface area contributed by atoms with Crippen molar-refractivity contribution in [3.05, 3.63) is 29.8 Å². The van der Waals surface area contributed by atoms with Crippen molar-refractivity contribution in [2.24, 2.45) is 0 Å². The molecule has 0 aliphatic carbocycles. The Kier molecular flexibility index (Phi) is 3.14. The zero-order valence-electron chi connectivity index (χ0n) is 6.52. The fourth-order valence-electron chi connectivity index (χ4n) is 0.760. The summed E-state index contributed by atoms with van der Waals surface area (Å²) in [5.41, 5.74) is 1.03. The molecule has 0 saturated heterocycles. The fourth-order valence-corrected chi connectivity index (χ4v) is 2.29. The van der Waals surface area contributed by atoms with E-state index in [9.17, 15) is 8.42 Å². The summed E-state index contributed by atoms with van der Waals surface area (Å²) in [4.78, 5) is 0.223. The van der Waals surface area contributed by atoms with Crippen molar-refractivity contribution in [2.45, 2.75) is 11.8 Å². The number of aryl methyl sites for hydroxylation is 1. The van der Waals surface area contributed by atoms with Crippen molar-refractivity contribution in [1.82, 2.24) is 0 Å². The zero-order chi connectivity index (χ0) is 9.19. The monoisotopic (exact) mass is 292 g/mol. The third-order valence-electron chi connectivity index (χ3n) is 1.44. The molecule has 3 nitrogen and oxygen atoms in total. The molecular weight excluding hydrogens is 283 g/mol. The van der Waals surface area contributed by atoms with Gasteiger partial charge in [0.25, 0.3) is 0 Å². The standard InChI is InChI=1S/C7H8O3S.Sn.H/c1-6-2-4-7(5-3-6)11(8,9)10;;/h2-5H,1H3,(H,8,9,10);;/q;+1;/p-1. The van der Waals surface area contributed by atoms with E-state index in [0.717, 1.165) is 5.56 Å². The van der Waals surface area contributed by atoms with Gasteiger partial charge in [-0.3, -0.25) is 0 Å². The maximum atomic E-state index is 11.1. The summed E-state index contributed by atoms with van der Waals surface area (Å²) in [5.74, 6) is 0. The second-order valence-corrected chi connectivity index (χ2v) is 5.58. The first-order valence-corrected chi connectivity index (χ1v) is 6.01. The molecule has 0 N–H and O–H groups in total. The number of benzene rings is 1. The van der Waals surface area contributed by atoms with Gasteiger partial charge in [0.1, 0.15) is 0 Å². The van der Waals surface area contributed by atoms with Crippen LogP contribution in [0.1, 0.15) is 5.56 Å². The second kappa shape index (κ2) is 3.76. The van der Waals surface area contributed by atoms with Gasteiger partial charge in [0.05, 0.1) is 0 Å². The van der Waals surface area contributed by atoms with E-state index < -0.39 is 10.1 Å². The van der Waals surface area contributed by atoms with Crippen LogP contribution in [0.2, 0.25) is 0 Å². The molecular formula is C7H8O3SSn. The van der Waals surface area contributed by atoms with E-state index in [0.29, 0.717) is 0 Å². The van der Waals surface area contributed by atoms with E-state index in [1.165, 1.54) is 0 Å². The molecule has 1 aromatic carbocycles. The third kappa shape index (κ3) is 2.21. The van der Waals surface area contributed by atoms with Crippen molar-refractivity contribution in [3.63, 3.8) is 0 Å². The van der Waals surface area contributed by atoms with E-state index in [1.54, 1.807) is 24.3 Å². The molecule has 0 saturated carbocycles. The van der Waals surface area contributed by atoms with Crippen LogP contribution in [0.25, 0.3) is 0 Å². The first-order chi connectivity index (χ1) is 5.56. The molecule has 2 radical (unpaired) electrons. The van der Waals surface area contributed by atoms with Crippen molar-refractivity contribution < 1.29 is 10.9 Å². The van der Waals surface area contributed by atoms with Gasteiger partial charge < -0.3 is 0 Å². The molecule has 0 heterocycles. The molecule has 1 rings (SSSR count). The number of hydrogen-bond acceptors (Lipinski definition) is 3. The molecule has 0 aromatic heterocycles. The van der Waals surface area contributed by atoms with Gasteiger partial charge in [0.2, 0.25) is 0 Å². The number of hydrogen-bond donors (Lipinski definition) is 0. The van der Waals surface area contributed by atoms with Crippen LogP contribution in [-0.2, 0) is 12.6 Å². The molecule has 0 atom stereocenters. The molecule has 0 aliphatic rings. The van der Waals surface area contributed by atoms with Crippen molar-refractivity contribution in [1.29, 1.82) is 0 Å². The van der Waals surface area contributed by atoms with E-state index in [2.05, 4.69) is 2.52 Å². The summed E-state index contributed by atoms with van der Waals surface area (Å²) in [7, 11) is -3.46. The van der Waals surface area contributed by atoms with Crippen LogP contribution in [0.15, 0.2) is 29.2 Å². The van der Waals surface area contributed by atoms with Gasteiger partial charge in [-0.15, -0.1) is 0 Å². The second-order valence-electron chi connectivity index (χ2n) is 2.36. The van der Waals surface area contributed by atoms with Gasteiger partial charge >= 0.3 is 85.6 Å². The van der Waals surface area contributed by atoms with Crippen LogP contribution in [0, 0.1) is 6.92 Å². The topological polar surface area (TPSA) is 43.4 Å². The Balaban J connectivity index is 3.14. The Labute approximate surface area is 85.5 Å². The van der Waals surface area contributed by atoms with Gasteiger partial charge in [-0.1, -0.05) is 0 Å². The summed E-state index contributed by atoms with van der Waals surface area (Å²) in [6.07, 6.45) is 0. The molecule has 0 amide bonds. The molecule has 0 bridgehead atoms. The van der Waals surface area contributed by atoms with E-state index in [4.69, 9.17) is 0 Å². The fraction of sp³-hybridized carbons (Fsp3) is 0.143.